The Hall–Kier alpha value is -3.34. The molecule has 2 aromatic carbocycles. The van der Waals surface area contributed by atoms with Crippen molar-refractivity contribution in [1.29, 1.82) is 0 Å². The molecule has 1 heterocycles. The summed E-state index contributed by atoms with van der Waals surface area (Å²) in [7, 11) is 0. The van der Waals surface area contributed by atoms with E-state index in [0.717, 1.165) is 11.3 Å². The minimum Gasteiger partial charge on any atom is -0.437 e. The summed E-state index contributed by atoms with van der Waals surface area (Å²) in [6.07, 6.45) is 1.65. The lowest BCUT2D eigenvalue weighted by atomic mass is 9.86. The van der Waals surface area contributed by atoms with Crippen LogP contribution in [-0.2, 0) is 5.41 Å². The Balaban J connectivity index is 1.68. The normalized spacial score (nSPS) is 12.1. The number of amides is 2. The molecule has 156 valence electrons. The van der Waals surface area contributed by atoms with E-state index in [-0.39, 0.29) is 17.4 Å². The number of ether oxygens (including phenoxy) is 1. The van der Waals surface area contributed by atoms with E-state index < -0.39 is 0 Å². The minimum absolute atomic E-state index is 0.0794. The number of nitrogens with zero attached hydrogens (tertiary/aromatic N) is 1. The Morgan fingerprint density at radius 1 is 1.00 bits per heavy atom. The van der Waals surface area contributed by atoms with Crippen molar-refractivity contribution in [3.05, 3.63) is 84.1 Å². The molecule has 30 heavy (non-hydrogen) atoms. The summed E-state index contributed by atoms with van der Waals surface area (Å²) in [6.45, 7) is 9.01. The van der Waals surface area contributed by atoms with Crippen molar-refractivity contribution in [3.63, 3.8) is 0 Å². The van der Waals surface area contributed by atoms with Crippen molar-refractivity contribution in [2.75, 3.05) is 11.9 Å². The number of urea groups is 1. The summed E-state index contributed by atoms with van der Waals surface area (Å²) in [6, 6.07) is 21.2. The summed E-state index contributed by atoms with van der Waals surface area (Å²) in [4.78, 5) is 16.8. The summed E-state index contributed by atoms with van der Waals surface area (Å²) < 4.78 is 6.11. The molecule has 1 aromatic heterocycles. The number of rotatable bonds is 6. The number of hydrogen-bond donors (Lipinski definition) is 2. The van der Waals surface area contributed by atoms with Gasteiger partial charge in [-0.15, -0.1) is 0 Å². The molecule has 0 spiro atoms. The predicted molar refractivity (Wildman–Crippen MR) is 121 cm³/mol. The molecule has 1 unspecified atom stereocenters. The van der Waals surface area contributed by atoms with Crippen molar-refractivity contribution in [2.24, 2.45) is 0 Å². The van der Waals surface area contributed by atoms with Crippen LogP contribution in [0.2, 0.25) is 0 Å². The van der Waals surface area contributed by atoms with Crippen LogP contribution in [0.5, 0.6) is 11.6 Å². The molecule has 5 heteroatoms. The first-order chi connectivity index (χ1) is 14.3. The van der Waals surface area contributed by atoms with Gasteiger partial charge >= 0.3 is 6.03 Å². The maximum Gasteiger partial charge on any atom is 0.319 e. The van der Waals surface area contributed by atoms with E-state index in [1.54, 1.807) is 18.3 Å². The number of para-hydroxylation sites is 1. The molecule has 1 atom stereocenters. The monoisotopic (exact) mass is 403 g/mol. The summed E-state index contributed by atoms with van der Waals surface area (Å²) in [5.41, 5.74) is 2.69. The maximum atomic E-state index is 12.5. The van der Waals surface area contributed by atoms with Crippen molar-refractivity contribution < 1.29 is 9.53 Å². The molecule has 0 radical (unpaired) electrons. The van der Waals surface area contributed by atoms with Crippen LogP contribution in [0.15, 0.2) is 72.9 Å². The van der Waals surface area contributed by atoms with Gasteiger partial charge in [0.1, 0.15) is 11.4 Å². The molecule has 0 saturated heterocycles. The van der Waals surface area contributed by atoms with Crippen LogP contribution in [0, 0.1) is 0 Å². The lowest BCUT2D eigenvalue weighted by Gasteiger charge is -2.22. The molecule has 0 aliphatic carbocycles. The average Bonchev–Trinajstić information content (AvgIpc) is 2.74. The van der Waals surface area contributed by atoms with Gasteiger partial charge in [0, 0.05) is 18.3 Å². The number of nitrogens with one attached hydrogen (secondary N) is 2. The number of benzene rings is 2. The molecule has 0 saturated carbocycles. The zero-order valence-electron chi connectivity index (χ0n) is 18.0. The van der Waals surface area contributed by atoms with Crippen molar-refractivity contribution >= 4 is 11.7 Å². The van der Waals surface area contributed by atoms with E-state index in [1.807, 2.05) is 42.5 Å². The van der Waals surface area contributed by atoms with Crippen LogP contribution in [0.25, 0.3) is 0 Å². The minimum atomic E-state index is -0.292. The maximum absolute atomic E-state index is 12.5. The van der Waals surface area contributed by atoms with Gasteiger partial charge in [0.05, 0.1) is 0 Å². The van der Waals surface area contributed by atoms with E-state index in [9.17, 15) is 4.79 Å². The van der Waals surface area contributed by atoms with E-state index in [2.05, 4.69) is 55.4 Å². The zero-order chi connectivity index (χ0) is 21.6. The van der Waals surface area contributed by atoms with Crippen molar-refractivity contribution in [3.8, 4) is 11.6 Å². The van der Waals surface area contributed by atoms with Crippen LogP contribution in [-0.4, -0.2) is 17.6 Å². The summed E-state index contributed by atoms with van der Waals surface area (Å²) >= 11 is 0. The fraction of sp³-hybridized carbons (Fsp3) is 0.280. The number of carbonyl (C=O) groups is 1. The zero-order valence-corrected chi connectivity index (χ0v) is 18.0. The van der Waals surface area contributed by atoms with E-state index >= 15 is 0 Å². The largest absolute Gasteiger partial charge is 0.437 e. The van der Waals surface area contributed by atoms with Gasteiger partial charge in [0.15, 0.2) is 0 Å². The second-order valence-corrected chi connectivity index (χ2v) is 8.35. The molecule has 3 aromatic rings. The topological polar surface area (TPSA) is 63.2 Å². The standard InChI is InChI=1S/C25H29N3O2/c1-18(19-11-6-5-7-12-19)17-27-24(29)28-21-14-10-16-26-23(21)30-22-15-9-8-13-20(22)25(2,3)4/h5-16,18H,17H2,1-4H3,(H2,27,28,29). The SMILES string of the molecule is CC(CNC(=O)Nc1cccnc1Oc1ccccc1C(C)(C)C)c1ccccc1. The second-order valence-electron chi connectivity index (χ2n) is 8.35. The summed E-state index contributed by atoms with van der Waals surface area (Å²) in [5.74, 6) is 1.30. The first kappa shape index (κ1) is 21.4. The molecular formula is C25H29N3O2. The van der Waals surface area contributed by atoms with Gasteiger partial charge in [0.25, 0.3) is 0 Å². The van der Waals surface area contributed by atoms with E-state index in [0.29, 0.717) is 18.1 Å². The van der Waals surface area contributed by atoms with Gasteiger partial charge in [-0.3, -0.25) is 0 Å². The van der Waals surface area contributed by atoms with Crippen LogP contribution in [0.4, 0.5) is 10.5 Å². The molecule has 0 aliphatic heterocycles. The Bertz CT molecular complexity index is 981. The first-order valence-electron chi connectivity index (χ1n) is 10.2. The number of carbonyl (C=O) groups excluding carboxylic acids is 1. The van der Waals surface area contributed by atoms with Gasteiger partial charge in [-0.25, -0.2) is 9.78 Å². The second kappa shape index (κ2) is 9.44. The number of anilines is 1. The predicted octanol–water partition coefficient (Wildman–Crippen LogP) is 6.10. The highest BCUT2D eigenvalue weighted by atomic mass is 16.5. The Kier molecular flexibility index (Phi) is 6.72. The third-order valence-corrected chi connectivity index (χ3v) is 4.86. The van der Waals surface area contributed by atoms with E-state index in [4.69, 9.17) is 4.74 Å². The Labute approximate surface area is 178 Å². The smallest absolute Gasteiger partial charge is 0.319 e. The first-order valence-corrected chi connectivity index (χ1v) is 10.2. The van der Waals surface area contributed by atoms with E-state index in [1.165, 1.54) is 5.56 Å². The number of aromatic nitrogens is 1. The summed E-state index contributed by atoms with van der Waals surface area (Å²) in [5, 5.41) is 5.78. The van der Waals surface area contributed by atoms with Crippen LogP contribution < -0.4 is 15.4 Å². The third kappa shape index (κ3) is 5.60. The molecule has 2 amide bonds. The molecular weight excluding hydrogens is 374 g/mol. The van der Waals surface area contributed by atoms with Gasteiger partial charge in [-0.05, 0) is 35.1 Å². The Morgan fingerprint density at radius 2 is 1.70 bits per heavy atom. The molecule has 0 bridgehead atoms. The van der Waals surface area contributed by atoms with Gasteiger partial charge < -0.3 is 15.4 Å². The highest BCUT2D eigenvalue weighted by Gasteiger charge is 2.20. The van der Waals surface area contributed by atoms with Crippen LogP contribution >= 0.6 is 0 Å². The quantitative estimate of drug-likeness (QED) is 0.523. The average molecular weight is 404 g/mol. The lowest BCUT2D eigenvalue weighted by molar-refractivity contribution is 0.251. The third-order valence-electron chi connectivity index (χ3n) is 4.86. The molecule has 3 rings (SSSR count). The van der Waals surface area contributed by atoms with Crippen LogP contribution in [0.1, 0.15) is 44.7 Å². The van der Waals surface area contributed by atoms with Gasteiger partial charge in [0.2, 0.25) is 5.88 Å². The highest BCUT2D eigenvalue weighted by Crippen LogP contribution is 2.35. The highest BCUT2D eigenvalue weighted by molar-refractivity contribution is 5.90. The van der Waals surface area contributed by atoms with Gasteiger partial charge in [-0.1, -0.05) is 76.2 Å². The molecule has 0 fully saturated rings. The Morgan fingerprint density at radius 3 is 2.43 bits per heavy atom. The fourth-order valence-electron chi connectivity index (χ4n) is 3.16. The number of pyridine rings is 1. The number of hydrogen-bond acceptors (Lipinski definition) is 3. The lowest BCUT2D eigenvalue weighted by Crippen LogP contribution is -2.31. The molecule has 5 nitrogen and oxygen atoms in total. The van der Waals surface area contributed by atoms with Crippen molar-refractivity contribution in [2.45, 2.75) is 39.0 Å². The fourth-order valence-corrected chi connectivity index (χ4v) is 3.16. The van der Waals surface area contributed by atoms with Gasteiger partial charge in [-0.2, -0.15) is 0 Å². The van der Waals surface area contributed by atoms with Crippen molar-refractivity contribution in [1.82, 2.24) is 10.3 Å². The van der Waals surface area contributed by atoms with Crippen LogP contribution in [0.3, 0.4) is 0 Å². The molecule has 0 aliphatic rings. The molecule has 2 N–H and O–H groups in total.